The molecule has 2 aromatic rings. The van der Waals surface area contributed by atoms with Crippen molar-refractivity contribution in [3.63, 3.8) is 0 Å². The standard InChI is InChI=1S/C17H26N2O3.C11H12N2O3/c1-2-3-4-5-6-7-8-9-14-10-15(12-18-21)17(20)16(11-14)13-19-22;1-2-11(7-12-15,8-13-16)9-5-3-4-6-10(9)14/h10-13,20-22H,2-9H2,1H3;2-8,14-16H,1H2/b18-12-,19-13-;12-7-,13-8-. The molecule has 2 aromatic carbocycles. The van der Waals surface area contributed by atoms with E-state index < -0.39 is 5.41 Å². The predicted molar refractivity (Wildman–Crippen MR) is 149 cm³/mol. The highest BCUT2D eigenvalue weighted by Gasteiger charge is 2.28. The minimum Gasteiger partial charge on any atom is -0.508 e. The molecule has 0 bridgehead atoms. The third-order valence-corrected chi connectivity index (χ3v) is 5.94. The lowest BCUT2D eigenvalue weighted by molar-refractivity contribution is 0.315. The quantitative estimate of drug-likeness (QED) is 0.0576. The van der Waals surface area contributed by atoms with Crippen molar-refractivity contribution >= 4 is 24.9 Å². The van der Waals surface area contributed by atoms with Gasteiger partial charge < -0.3 is 31.0 Å². The van der Waals surface area contributed by atoms with Gasteiger partial charge >= 0.3 is 0 Å². The number of hydrogen-bond donors (Lipinski definition) is 6. The highest BCUT2D eigenvalue weighted by Crippen LogP contribution is 2.29. The van der Waals surface area contributed by atoms with E-state index in [1.807, 2.05) is 0 Å². The van der Waals surface area contributed by atoms with Crippen molar-refractivity contribution in [2.75, 3.05) is 0 Å². The molecule has 0 aliphatic rings. The first-order chi connectivity index (χ1) is 18.4. The molecule has 0 saturated heterocycles. The minimum atomic E-state index is -1.14. The molecule has 0 saturated carbocycles. The van der Waals surface area contributed by atoms with Crippen molar-refractivity contribution in [2.24, 2.45) is 20.6 Å². The third kappa shape index (κ3) is 9.96. The normalized spacial score (nSPS) is 11.9. The zero-order valence-electron chi connectivity index (χ0n) is 21.7. The van der Waals surface area contributed by atoms with Crippen LogP contribution in [0.2, 0.25) is 0 Å². The molecule has 0 atom stereocenters. The Bertz CT molecular complexity index is 1050. The Balaban J connectivity index is 0.000000399. The molecule has 10 nitrogen and oxygen atoms in total. The molecule has 10 heteroatoms. The van der Waals surface area contributed by atoms with Crippen LogP contribution in [0.1, 0.15) is 74.1 Å². The number of para-hydroxylation sites is 1. The molecule has 0 aliphatic heterocycles. The molecule has 0 heterocycles. The van der Waals surface area contributed by atoms with Gasteiger partial charge in [-0.2, -0.15) is 0 Å². The minimum absolute atomic E-state index is 0.0119. The van der Waals surface area contributed by atoms with Crippen LogP contribution in [0, 0.1) is 0 Å². The maximum atomic E-state index is 9.96. The lowest BCUT2D eigenvalue weighted by atomic mass is 9.82. The molecule has 0 radical (unpaired) electrons. The summed E-state index contributed by atoms with van der Waals surface area (Å²) in [7, 11) is 0. The number of aromatic hydroxyl groups is 2. The van der Waals surface area contributed by atoms with Crippen molar-refractivity contribution in [1.82, 2.24) is 0 Å². The number of hydrogen-bond acceptors (Lipinski definition) is 10. The van der Waals surface area contributed by atoms with E-state index >= 15 is 0 Å². The summed E-state index contributed by atoms with van der Waals surface area (Å²) in [6, 6.07) is 10.0. The second-order valence-corrected chi connectivity index (χ2v) is 8.63. The fourth-order valence-electron chi connectivity index (χ4n) is 3.91. The molecular formula is C28H38N4O6. The Morgan fingerprint density at radius 3 is 1.76 bits per heavy atom. The smallest absolute Gasteiger partial charge is 0.133 e. The van der Waals surface area contributed by atoms with E-state index in [9.17, 15) is 10.2 Å². The number of rotatable bonds is 14. The zero-order chi connectivity index (χ0) is 28.2. The van der Waals surface area contributed by atoms with Gasteiger partial charge in [0.05, 0.1) is 30.3 Å². The Labute approximate surface area is 223 Å². The SMILES string of the molecule is C=CC(/C=N\O)(/C=N\O)c1ccccc1O.CCCCCCCCCc1cc(/C=N\O)c(O)c(/C=N\O)c1. The zero-order valence-corrected chi connectivity index (χ0v) is 21.7. The van der Waals surface area contributed by atoms with E-state index in [1.165, 1.54) is 63.1 Å². The average Bonchev–Trinajstić information content (AvgIpc) is 2.91. The molecule has 0 aromatic heterocycles. The van der Waals surface area contributed by atoms with Gasteiger partial charge in [-0.1, -0.05) is 80.0 Å². The molecule has 206 valence electrons. The summed E-state index contributed by atoms with van der Waals surface area (Å²) >= 11 is 0. The molecule has 0 spiro atoms. The van der Waals surface area contributed by atoms with Crippen LogP contribution in [0.3, 0.4) is 0 Å². The van der Waals surface area contributed by atoms with Crippen LogP contribution < -0.4 is 0 Å². The summed E-state index contributed by atoms with van der Waals surface area (Å²) in [4.78, 5) is 0. The lowest BCUT2D eigenvalue weighted by Crippen LogP contribution is -2.27. The molecule has 6 N–H and O–H groups in total. The summed E-state index contributed by atoms with van der Waals surface area (Å²) in [5, 5.41) is 65.9. The summed E-state index contributed by atoms with van der Waals surface area (Å²) in [6.45, 7) is 5.79. The van der Waals surface area contributed by atoms with Crippen molar-refractivity contribution < 1.29 is 31.0 Å². The number of phenols is 2. The molecule has 0 amide bonds. The van der Waals surface area contributed by atoms with Gasteiger partial charge in [-0.25, -0.2) is 0 Å². The van der Waals surface area contributed by atoms with Gasteiger partial charge in [0.2, 0.25) is 0 Å². The Kier molecular flexibility index (Phi) is 15.0. The molecule has 0 unspecified atom stereocenters. The second kappa shape index (κ2) is 18.0. The Hall–Kier alpha value is -4.34. The molecule has 0 aliphatic carbocycles. The number of unbranched alkanes of at least 4 members (excludes halogenated alkanes) is 6. The predicted octanol–water partition coefficient (Wildman–Crippen LogP) is 6.04. The number of allylic oxidation sites excluding steroid dienone is 1. The maximum Gasteiger partial charge on any atom is 0.133 e. The number of nitrogens with zero attached hydrogens (tertiary/aromatic N) is 4. The second-order valence-electron chi connectivity index (χ2n) is 8.63. The van der Waals surface area contributed by atoms with Crippen LogP contribution in [0.15, 0.2) is 69.7 Å². The van der Waals surface area contributed by atoms with Gasteiger partial charge in [0, 0.05) is 16.7 Å². The fraction of sp³-hybridized carbons (Fsp3) is 0.357. The van der Waals surface area contributed by atoms with Crippen molar-refractivity contribution in [3.05, 3.63) is 71.3 Å². The van der Waals surface area contributed by atoms with Gasteiger partial charge in [0.1, 0.15) is 11.5 Å². The fourth-order valence-corrected chi connectivity index (χ4v) is 3.91. The summed E-state index contributed by atoms with van der Waals surface area (Å²) in [6.07, 6.45) is 15.5. The topological polar surface area (TPSA) is 171 Å². The molecule has 2 rings (SSSR count). The highest BCUT2D eigenvalue weighted by molar-refractivity contribution is 5.99. The Morgan fingerprint density at radius 2 is 1.29 bits per heavy atom. The summed E-state index contributed by atoms with van der Waals surface area (Å²) in [5.41, 5.74) is 1.11. The summed E-state index contributed by atoms with van der Waals surface area (Å²) in [5.74, 6) is -0.0684. The van der Waals surface area contributed by atoms with E-state index in [0.717, 1.165) is 30.8 Å². The number of aryl methyl sites for hydroxylation is 1. The molecule has 38 heavy (non-hydrogen) atoms. The first-order valence-corrected chi connectivity index (χ1v) is 12.4. The van der Waals surface area contributed by atoms with Crippen molar-refractivity contribution in [1.29, 1.82) is 0 Å². The van der Waals surface area contributed by atoms with Gasteiger partial charge in [0.15, 0.2) is 0 Å². The number of benzene rings is 2. The monoisotopic (exact) mass is 526 g/mol. The van der Waals surface area contributed by atoms with Crippen LogP contribution in [-0.2, 0) is 11.8 Å². The van der Waals surface area contributed by atoms with Crippen LogP contribution in [0.4, 0.5) is 0 Å². The maximum absolute atomic E-state index is 9.96. The van der Waals surface area contributed by atoms with Crippen molar-refractivity contribution in [2.45, 2.75) is 63.7 Å². The summed E-state index contributed by atoms with van der Waals surface area (Å²) < 4.78 is 0. The highest BCUT2D eigenvalue weighted by atomic mass is 16.4. The van der Waals surface area contributed by atoms with Crippen LogP contribution in [-0.4, -0.2) is 55.9 Å². The lowest BCUT2D eigenvalue weighted by Gasteiger charge is -2.21. The first kappa shape index (κ1) is 31.7. The van der Waals surface area contributed by atoms with E-state index in [-0.39, 0.29) is 11.5 Å². The van der Waals surface area contributed by atoms with E-state index in [1.54, 1.807) is 30.3 Å². The van der Waals surface area contributed by atoms with Gasteiger partial charge in [0.25, 0.3) is 0 Å². The van der Waals surface area contributed by atoms with Crippen molar-refractivity contribution in [3.8, 4) is 11.5 Å². The van der Waals surface area contributed by atoms with E-state index in [4.69, 9.17) is 20.8 Å². The molecule has 0 fully saturated rings. The Morgan fingerprint density at radius 1 is 0.763 bits per heavy atom. The first-order valence-electron chi connectivity index (χ1n) is 12.4. The van der Waals surface area contributed by atoms with Gasteiger partial charge in [-0.3, -0.25) is 0 Å². The van der Waals surface area contributed by atoms with E-state index in [2.05, 4.69) is 34.1 Å². The van der Waals surface area contributed by atoms with Crippen LogP contribution >= 0.6 is 0 Å². The van der Waals surface area contributed by atoms with Crippen LogP contribution in [0.5, 0.6) is 11.5 Å². The number of oxime groups is 4. The molecular weight excluding hydrogens is 488 g/mol. The number of phenolic OH excluding ortho intramolecular Hbond substituents is 2. The van der Waals surface area contributed by atoms with Gasteiger partial charge in [-0.05, 0) is 36.6 Å². The van der Waals surface area contributed by atoms with Crippen LogP contribution in [0.25, 0.3) is 0 Å². The van der Waals surface area contributed by atoms with E-state index in [0.29, 0.717) is 16.7 Å². The third-order valence-electron chi connectivity index (χ3n) is 5.94. The largest absolute Gasteiger partial charge is 0.508 e. The average molecular weight is 527 g/mol. The van der Waals surface area contributed by atoms with Gasteiger partial charge in [-0.15, -0.1) is 16.9 Å².